The van der Waals surface area contributed by atoms with Gasteiger partial charge in [0.25, 0.3) is 11.6 Å². The van der Waals surface area contributed by atoms with Crippen molar-refractivity contribution in [2.45, 2.75) is 19.4 Å². The molecule has 1 amide bonds. The van der Waals surface area contributed by atoms with Crippen molar-refractivity contribution in [2.75, 3.05) is 25.0 Å². The Kier molecular flexibility index (Phi) is 4.50. The standard InChI is InChI=1S/C17H19N3O4/c1-18(12-14-5-4-10-24-14)17(21)15-11-13(20(22)23)6-7-16(15)19-8-2-3-9-19/h4-7,10-11H,2-3,8-9,12H2,1H3. The van der Waals surface area contributed by atoms with E-state index in [1.165, 1.54) is 17.0 Å². The van der Waals surface area contributed by atoms with Crippen LogP contribution in [0.5, 0.6) is 0 Å². The van der Waals surface area contributed by atoms with Crippen LogP contribution in [0.25, 0.3) is 0 Å². The summed E-state index contributed by atoms with van der Waals surface area (Å²) in [6.45, 7) is 2.04. The number of nitro groups is 1. The van der Waals surface area contributed by atoms with E-state index in [4.69, 9.17) is 4.42 Å². The Labute approximate surface area is 139 Å². The maximum absolute atomic E-state index is 12.9. The lowest BCUT2D eigenvalue weighted by atomic mass is 10.1. The highest BCUT2D eigenvalue weighted by atomic mass is 16.6. The van der Waals surface area contributed by atoms with Gasteiger partial charge in [0, 0.05) is 32.3 Å². The summed E-state index contributed by atoms with van der Waals surface area (Å²) in [5.41, 5.74) is 1.04. The fraction of sp³-hybridized carbons (Fsp3) is 0.353. The number of non-ortho nitro benzene ring substituents is 1. The number of hydrogen-bond donors (Lipinski definition) is 0. The van der Waals surface area contributed by atoms with Crippen LogP contribution in [0, 0.1) is 10.1 Å². The molecule has 2 heterocycles. The molecule has 0 bridgehead atoms. The minimum Gasteiger partial charge on any atom is -0.467 e. The molecule has 1 saturated heterocycles. The van der Waals surface area contributed by atoms with Crippen LogP contribution >= 0.6 is 0 Å². The van der Waals surface area contributed by atoms with Crippen LogP contribution < -0.4 is 4.90 Å². The fourth-order valence-electron chi connectivity index (χ4n) is 2.96. The maximum Gasteiger partial charge on any atom is 0.270 e. The minimum atomic E-state index is -0.475. The Balaban J connectivity index is 1.91. The lowest BCUT2D eigenvalue weighted by Gasteiger charge is -2.23. The van der Waals surface area contributed by atoms with E-state index in [0.29, 0.717) is 17.9 Å². The SMILES string of the molecule is CN(Cc1ccco1)C(=O)c1cc([N+](=O)[O-])ccc1N1CCCC1. The largest absolute Gasteiger partial charge is 0.467 e. The van der Waals surface area contributed by atoms with Crippen molar-refractivity contribution in [3.05, 3.63) is 58.0 Å². The lowest BCUT2D eigenvalue weighted by molar-refractivity contribution is -0.384. The first-order chi connectivity index (χ1) is 11.6. The Morgan fingerprint density at radius 3 is 2.71 bits per heavy atom. The quantitative estimate of drug-likeness (QED) is 0.622. The molecule has 7 nitrogen and oxygen atoms in total. The van der Waals surface area contributed by atoms with E-state index < -0.39 is 4.92 Å². The van der Waals surface area contributed by atoms with Crippen LogP contribution in [-0.4, -0.2) is 35.9 Å². The van der Waals surface area contributed by atoms with E-state index >= 15 is 0 Å². The predicted molar refractivity (Wildman–Crippen MR) is 89.0 cm³/mol. The second-order valence-electron chi connectivity index (χ2n) is 5.89. The summed E-state index contributed by atoms with van der Waals surface area (Å²) >= 11 is 0. The number of nitro benzene ring substituents is 1. The van der Waals surface area contributed by atoms with Crippen molar-refractivity contribution in [3.63, 3.8) is 0 Å². The Bertz CT molecular complexity index is 736. The normalized spacial score (nSPS) is 14.0. The van der Waals surface area contributed by atoms with Crippen LogP contribution in [0.15, 0.2) is 41.0 Å². The van der Waals surface area contributed by atoms with E-state index in [1.54, 1.807) is 31.5 Å². The highest BCUT2D eigenvalue weighted by Crippen LogP contribution is 2.29. The molecule has 7 heteroatoms. The van der Waals surface area contributed by atoms with E-state index in [2.05, 4.69) is 4.90 Å². The van der Waals surface area contributed by atoms with Gasteiger partial charge in [0.2, 0.25) is 0 Å². The molecular weight excluding hydrogens is 310 g/mol. The summed E-state index contributed by atoms with van der Waals surface area (Å²) in [6.07, 6.45) is 3.68. The number of anilines is 1. The maximum atomic E-state index is 12.9. The molecule has 0 saturated carbocycles. The van der Waals surface area contributed by atoms with Gasteiger partial charge in [-0.1, -0.05) is 0 Å². The lowest BCUT2D eigenvalue weighted by Crippen LogP contribution is -2.29. The molecule has 2 aromatic rings. The molecule has 1 aliphatic heterocycles. The highest BCUT2D eigenvalue weighted by Gasteiger charge is 2.24. The van der Waals surface area contributed by atoms with Gasteiger partial charge < -0.3 is 14.2 Å². The number of carbonyl (C=O) groups is 1. The number of hydrogen-bond acceptors (Lipinski definition) is 5. The molecule has 24 heavy (non-hydrogen) atoms. The first kappa shape index (κ1) is 16.0. The summed E-state index contributed by atoms with van der Waals surface area (Å²) < 4.78 is 5.27. The van der Waals surface area contributed by atoms with Crippen LogP contribution in [0.2, 0.25) is 0 Å². The minimum absolute atomic E-state index is 0.0762. The van der Waals surface area contributed by atoms with Crippen molar-refractivity contribution < 1.29 is 14.1 Å². The summed E-state index contributed by atoms with van der Waals surface area (Å²) in [5.74, 6) is 0.413. The second kappa shape index (κ2) is 6.74. The van der Waals surface area contributed by atoms with Gasteiger partial charge in [0.05, 0.1) is 29.0 Å². The van der Waals surface area contributed by atoms with Crippen molar-refractivity contribution in [3.8, 4) is 0 Å². The number of rotatable bonds is 5. The van der Waals surface area contributed by atoms with Crippen LogP contribution in [0.4, 0.5) is 11.4 Å². The van der Waals surface area contributed by atoms with E-state index in [1.807, 2.05) is 0 Å². The predicted octanol–water partition coefficient (Wildman–Crippen LogP) is 3.06. The van der Waals surface area contributed by atoms with Crippen molar-refractivity contribution in [1.82, 2.24) is 4.90 Å². The zero-order chi connectivity index (χ0) is 17.1. The molecule has 0 N–H and O–H groups in total. The summed E-state index contributed by atoms with van der Waals surface area (Å²) in [6, 6.07) is 8.05. The smallest absolute Gasteiger partial charge is 0.270 e. The first-order valence-corrected chi connectivity index (χ1v) is 7.87. The van der Waals surface area contributed by atoms with Crippen LogP contribution in [0.3, 0.4) is 0 Å². The Morgan fingerprint density at radius 1 is 1.33 bits per heavy atom. The third kappa shape index (κ3) is 3.24. The molecule has 0 spiro atoms. The third-order valence-electron chi connectivity index (χ3n) is 4.19. The summed E-state index contributed by atoms with van der Waals surface area (Å²) in [4.78, 5) is 27.1. The molecule has 0 atom stereocenters. The van der Waals surface area contributed by atoms with Crippen LogP contribution in [-0.2, 0) is 6.54 Å². The number of amides is 1. The molecule has 3 rings (SSSR count). The van der Waals surface area contributed by atoms with Gasteiger partial charge in [0.1, 0.15) is 5.76 Å². The average Bonchev–Trinajstić information content (AvgIpc) is 3.27. The number of furan rings is 1. The molecule has 0 radical (unpaired) electrons. The van der Waals surface area contributed by atoms with Gasteiger partial charge in [0.15, 0.2) is 0 Å². The molecule has 0 aliphatic carbocycles. The summed E-state index contributed by atoms with van der Waals surface area (Å²) in [7, 11) is 1.66. The fourth-order valence-corrected chi connectivity index (χ4v) is 2.96. The van der Waals surface area contributed by atoms with Gasteiger partial charge in [-0.05, 0) is 31.0 Å². The molecule has 1 fully saturated rings. The topological polar surface area (TPSA) is 79.8 Å². The molecule has 1 aromatic carbocycles. The third-order valence-corrected chi connectivity index (χ3v) is 4.19. The molecule has 0 unspecified atom stereocenters. The van der Waals surface area contributed by atoms with Gasteiger partial charge in [-0.25, -0.2) is 0 Å². The van der Waals surface area contributed by atoms with E-state index in [9.17, 15) is 14.9 Å². The van der Waals surface area contributed by atoms with Gasteiger partial charge >= 0.3 is 0 Å². The Hall–Kier alpha value is -2.83. The van der Waals surface area contributed by atoms with Gasteiger partial charge in [-0.15, -0.1) is 0 Å². The average molecular weight is 329 g/mol. The number of carbonyl (C=O) groups excluding carboxylic acids is 1. The first-order valence-electron chi connectivity index (χ1n) is 7.87. The van der Waals surface area contributed by atoms with Crippen molar-refractivity contribution in [2.24, 2.45) is 0 Å². The molecular formula is C17H19N3O4. The molecule has 126 valence electrons. The van der Waals surface area contributed by atoms with Crippen molar-refractivity contribution >= 4 is 17.3 Å². The Morgan fingerprint density at radius 2 is 2.08 bits per heavy atom. The number of benzene rings is 1. The zero-order valence-corrected chi connectivity index (χ0v) is 13.5. The van der Waals surface area contributed by atoms with Crippen LogP contribution in [0.1, 0.15) is 29.0 Å². The zero-order valence-electron chi connectivity index (χ0n) is 13.5. The monoisotopic (exact) mass is 329 g/mol. The van der Waals surface area contributed by atoms with Crippen molar-refractivity contribution in [1.29, 1.82) is 0 Å². The second-order valence-corrected chi connectivity index (χ2v) is 5.89. The summed E-state index contributed by atoms with van der Waals surface area (Å²) in [5, 5.41) is 11.1. The highest BCUT2D eigenvalue weighted by molar-refractivity contribution is 6.00. The van der Waals surface area contributed by atoms with Gasteiger partial charge in [-0.2, -0.15) is 0 Å². The van der Waals surface area contributed by atoms with E-state index in [0.717, 1.165) is 31.6 Å². The van der Waals surface area contributed by atoms with E-state index in [-0.39, 0.29) is 11.6 Å². The molecule has 1 aromatic heterocycles. The molecule has 1 aliphatic rings. The van der Waals surface area contributed by atoms with Gasteiger partial charge in [-0.3, -0.25) is 14.9 Å². The number of nitrogens with zero attached hydrogens (tertiary/aromatic N) is 3.